The SMILES string of the molecule is CC[C@@H](C)NC(=O)Nc1ccccc1C(F)(F)F. The van der Waals surface area contributed by atoms with Crippen LogP contribution >= 0.6 is 0 Å². The summed E-state index contributed by atoms with van der Waals surface area (Å²) in [5.41, 5.74) is -1.10. The number of urea groups is 1. The van der Waals surface area contributed by atoms with E-state index >= 15 is 0 Å². The Balaban J connectivity index is 2.82. The Hall–Kier alpha value is -1.72. The van der Waals surface area contributed by atoms with Crippen molar-refractivity contribution >= 4 is 11.7 Å². The lowest BCUT2D eigenvalue weighted by Crippen LogP contribution is -2.36. The highest BCUT2D eigenvalue weighted by molar-refractivity contribution is 5.90. The molecule has 0 aromatic heterocycles. The van der Waals surface area contributed by atoms with Crippen molar-refractivity contribution in [1.82, 2.24) is 5.32 Å². The van der Waals surface area contributed by atoms with Crippen LogP contribution in [-0.2, 0) is 6.18 Å². The normalized spacial score (nSPS) is 12.9. The van der Waals surface area contributed by atoms with Crippen molar-refractivity contribution in [1.29, 1.82) is 0 Å². The molecule has 2 N–H and O–H groups in total. The number of para-hydroxylation sites is 1. The van der Waals surface area contributed by atoms with Crippen molar-refractivity contribution in [3.63, 3.8) is 0 Å². The Morgan fingerprint density at radius 1 is 1.33 bits per heavy atom. The number of carbonyl (C=O) groups excluding carboxylic acids is 1. The lowest BCUT2D eigenvalue weighted by atomic mass is 10.1. The molecule has 1 atom stereocenters. The molecule has 0 bridgehead atoms. The van der Waals surface area contributed by atoms with Crippen LogP contribution in [0.15, 0.2) is 24.3 Å². The lowest BCUT2D eigenvalue weighted by Gasteiger charge is -2.16. The molecule has 3 nitrogen and oxygen atoms in total. The Bertz CT molecular complexity index is 418. The maximum absolute atomic E-state index is 12.7. The summed E-state index contributed by atoms with van der Waals surface area (Å²) in [5.74, 6) is 0. The summed E-state index contributed by atoms with van der Waals surface area (Å²) in [6, 6.07) is 4.14. The summed E-state index contributed by atoms with van der Waals surface area (Å²) in [5, 5.41) is 4.75. The standard InChI is InChI=1S/C12H15F3N2O/c1-3-8(2)16-11(18)17-10-7-5-4-6-9(10)12(13,14)15/h4-8H,3H2,1-2H3,(H2,16,17,18)/t8-/m1/s1. The minimum Gasteiger partial charge on any atom is -0.335 e. The zero-order chi connectivity index (χ0) is 13.8. The zero-order valence-electron chi connectivity index (χ0n) is 10.1. The minimum atomic E-state index is -4.49. The molecule has 0 heterocycles. The van der Waals surface area contributed by atoms with E-state index in [1.807, 2.05) is 6.92 Å². The number of hydrogen-bond acceptors (Lipinski definition) is 1. The fourth-order valence-electron chi connectivity index (χ4n) is 1.32. The molecule has 18 heavy (non-hydrogen) atoms. The van der Waals surface area contributed by atoms with Gasteiger partial charge in [-0.1, -0.05) is 19.1 Å². The first-order valence-corrected chi connectivity index (χ1v) is 5.58. The van der Waals surface area contributed by atoms with Crippen LogP contribution in [0.1, 0.15) is 25.8 Å². The highest BCUT2D eigenvalue weighted by Gasteiger charge is 2.33. The van der Waals surface area contributed by atoms with Crippen LogP contribution in [0, 0.1) is 0 Å². The van der Waals surface area contributed by atoms with Crippen LogP contribution in [-0.4, -0.2) is 12.1 Å². The number of rotatable bonds is 3. The molecule has 100 valence electrons. The monoisotopic (exact) mass is 260 g/mol. The minimum absolute atomic E-state index is 0.0944. The number of hydrogen-bond donors (Lipinski definition) is 2. The fraction of sp³-hybridized carbons (Fsp3) is 0.417. The molecule has 6 heteroatoms. The van der Waals surface area contributed by atoms with Gasteiger partial charge in [-0.05, 0) is 25.5 Å². The molecule has 0 spiro atoms. The lowest BCUT2D eigenvalue weighted by molar-refractivity contribution is -0.136. The summed E-state index contributed by atoms with van der Waals surface area (Å²) in [6.07, 6.45) is -3.78. The largest absolute Gasteiger partial charge is 0.418 e. The van der Waals surface area contributed by atoms with Gasteiger partial charge in [0.05, 0.1) is 11.3 Å². The second-order valence-corrected chi connectivity index (χ2v) is 3.95. The van der Waals surface area contributed by atoms with Crippen molar-refractivity contribution in [2.75, 3.05) is 5.32 Å². The number of alkyl halides is 3. The Kier molecular flexibility index (Phi) is 4.58. The van der Waals surface area contributed by atoms with Crippen molar-refractivity contribution in [3.05, 3.63) is 29.8 Å². The van der Waals surface area contributed by atoms with Gasteiger partial charge in [0.1, 0.15) is 0 Å². The average Bonchev–Trinajstić information content (AvgIpc) is 2.27. The molecule has 0 fully saturated rings. The number of halogens is 3. The van der Waals surface area contributed by atoms with E-state index < -0.39 is 17.8 Å². The van der Waals surface area contributed by atoms with Crippen molar-refractivity contribution in [3.8, 4) is 0 Å². The predicted molar refractivity (Wildman–Crippen MR) is 63.4 cm³/mol. The Morgan fingerprint density at radius 3 is 2.50 bits per heavy atom. The van der Waals surface area contributed by atoms with E-state index in [-0.39, 0.29) is 11.7 Å². The van der Waals surface area contributed by atoms with Gasteiger partial charge < -0.3 is 10.6 Å². The van der Waals surface area contributed by atoms with Crippen LogP contribution in [0.25, 0.3) is 0 Å². The summed E-state index contributed by atoms with van der Waals surface area (Å²) >= 11 is 0. The van der Waals surface area contributed by atoms with Gasteiger partial charge in [0.25, 0.3) is 0 Å². The Morgan fingerprint density at radius 2 is 1.94 bits per heavy atom. The molecule has 0 unspecified atom stereocenters. The zero-order valence-corrected chi connectivity index (χ0v) is 10.1. The molecule has 0 saturated carbocycles. The molecule has 0 aliphatic carbocycles. The third-order valence-corrected chi connectivity index (χ3v) is 2.47. The second-order valence-electron chi connectivity index (χ2n) is 3.95. The molecule has 0 aliphatic rings. The van der Waals surface area contributed by atoms with Crippen LogP contribution < -0.4 is 10.6 Å². The maximum atomic E-state index is 12.7. The number of benzene rings is 1. The van der Waals surface area contributed by atoms with E-state index in [0.29, 0.717) is 6.42 Å². The molecule has 2 amide bonds. The van der Waals surface area contributed by atoms with Crippen molar-refractivity contribution in [2.24, 2.45) is 0 Å². The van der Waals surface area contributed by atoms with Gasteiger partial charge in [-0.15, -0.1) is 0 Å². The highest BCUT2D eigenvalue weighted by atomic mass is 19.4. The number of amides is 2. The van der Waals surface area contributed by atoms with E-state index in [1.165, 1.54) is 18.2 Å². The third kappa shape index (κ3) is 3.94. The molecular weight excluding hydrogens is 245 g/mol. The van der Waals surface area contributed by atoms with E-state index in [9.17, 15) is 18.0 Å². The summed E-state index contributed by atoms with van der Waals surface area (Å²) in [4.78, 5) is 11.5. The highest BCUT2D eigenvalue weighted by Crippen LogP contribution is 2.34. The van der Waals surface area contributed by atoms with Gasteiger partial charge in [0.2, 0.25) is 0 Å². The van der Waals surface area contributed by atoms with Gasteiger partial charge in [0, 0.05) is 6.04 Å². The molecule has 0 saturated heterocycles. The molecule has 0 aliphatic heterocycles. The van der Waals surface area contributed by atoms with Gasteiger partial charge in [-0.25, -0.2) is 4.79 Å². The summed E-state index contributed by atoms with van der Waals surface area (Å²) in [6.45, 7) is 3.64. The molecular formula is C12H15F3N2O. The maximum Gasteiger partial charge on any atom is 0.418 e. The predicted octanol–water partition coefficient (Wildman–Crippen LogP) is 3.63. The van der Waals surface area contributed by atoms with E-state index in [1.54, 1.807) is 6.92 Å². The number of anilines is 1. The van der Waals surface area contributed by atoms with Gasteiger partial charge in [0.15, 0.2) is 0 Å². The number of carbonyl (C=O) groups is 1. The summed E-state index contributed by atoms with van der Waals surface area (Å²) < 4.78 is 38.0. The molecule has 1 aromatic carbocycles. The first kappa shape index (κ1) is 14.3. The second kappa shape index (κ2) is 5.75. The molecule has 1 rings (SSSR count). The topological polar surface area (TPSA) is 41.1 Å². The summed E-state index contributed by atoms with van der Waals surface area (Å²) in [7, 11) is 0. The van der Waals surface area contributed by atoms with Crippen LogP contribution in [0.2, 0.25) is 0 Å². The van der Waals surface area contributed by atoms with E-state index in [4.69, 9.17) is 0 Å². The fourth-order valence-corrected chi connectivity index (χ4v) is 1.32. The van der Waals surface area contributed by atoms with Gasteiger partial charge >= 0.3 is 12.2 Å². The Labute approximate surface area is 103 Å². The van der Waals surface area contributed by atoms with Crippen LogP contribution in [0.5, 0.6) is 0 Å². The van der Waals surface area contributed by atoms with Crippen LogP contribution in [0.4, 0.5) is 23.7 Å². The average molecular weight is 260 g/mol. The van der Waals surface area contributed by atoms with Gasteiger partial charge in [-0.3, -0.25) is 0 Å². The first-order valence-electron chi connectivity index (χ1n) is 5.58. The smallest absolute Gasteiger partial charge is 0.335 e. The quantitative estimate of drug-likeness (QED) is 0.856. The van der Waals surface area contributed by atoms with Gasteiger partial charge in [-0.2, -0.15) is 13.2 Å². The number of nitrogens with one attached hydrogen (secondary N) is 2. The molecule has 1 aromatic rings. The van der Waals surface area contributed by atoms with E-state index in [2.05, 4.69) is 10.6 Å². The molecule has 0 radical (unpaired) electrons. The van der Waals surface area contributed by atoms with Crippen LogP contribution in [0.3, 0.4) is 0 Å². The van der Waals surface area contributed by atoms with Crippen molar-refractivity contribution in [2.45, 2.75) is 32.5 Å². The first-order chi connectivity index (χ1) is 8.34. The van der Waals surface area contributed by atoms with Crippen molar-refractivity contribution < 1.29 is 18.0 Å². The third-order valence-electron chi connectivity index (χ3n) is 2.47. The van der Waals surface area contributed by atoms with E-state index in [0.717, 1.165) is 6.07 Å².